The third kappa shape index (κ3) is 63.0. The number of amides is 2. The van der Waals surface area contributed by atoms with Gasteiger partial charge in [-0.2, -0.15) is 35.1 Å². The van der Waals surface area contributed by atoms with E-state index in [9.17, 15) is 49.5 Å². The summed E-state index contributed by atoms with van der Waals surface area (Å²) in [7, 11) is 0. The molecule has 0 aliphatic carbocycles. The van der Waals surface area contributed by atoms with Crippen LogP contribution >= 0.6 is 0 Å². The molecule has 95 heavy (non-hydrogen) atoms. The van der Waals surface area contributed by atoms with Gasteiger partial charge in [0.15, 0.2) is 0 Å². The van der Waals surface area contributed by atoms with Gasteiger partial charge in [-0.3, -0.25) is 14.4 Å². The first kappa shape index (κ1) is 92.1. The van der Waals surface area contributed by atoms with Crippen LogP contribution in [0.15, 0.2) is 0 Å². The van der Waals surface area contributed by atoms with Gasteiger partial charge in [0.1, 0.15) is 0 Å². The number of nitrogens with one attached hydrogen (secondary N) is 2. The van der Waals surface area contributed by atoms with E-state index in [1.807, 2.05) is 0 Å². The molecule has 2 N–H and O–H groups in total. The van der Waals surface area contributed by atoms with E-state index in [1.54, 1.807) is 0 Å². The summed E-state index contributed by atoms with van der Waals surface area (Å²) in [6.45, 7) is 17.0. The van der Waals surface area contributed by atoms with Crippen LogP contribution in [-0.4, -0.2) is 346 Å². The number of Topliss-reactive ketones (excluding diaryl/α,β-unsaturated/α-hetero) is 1. The quantitative estimate of drug-likeness (QED) is 0.0653. The normalized spacial score (nSPS) is 12.4. The molecule has 0 unspecified atom stereocenters. The topological polar surface area (TPSA) is 297 Å². The maximum absolute atomic E-state index is 14.2. The predicted molar refractivity (Wildman–Crippen MR) is 316 cm³/mol. The zero-order valence-corrected chi connectivity index (χ0v) is 55.2. The molecule has 0 radical (unpaired) electrons. The molecule has 0 aliphatic rings. The van der Waals surface area contributed by atoms with E-state index < -0.39 is 62.1 Å². The first-order chi connectivity index (χ1) is 46.0. The van der Waals surface area contributed by atoms with Crippen molar-refractivity contribution in [2.75, 3.05) is 304 Å². The van der Waals surface area contributed by atoms with Gasteiger partial charge in [0.2, 0.25) is 11.7 Å². The molecule has 0 aromatic carbocycles. The number of ketones is 1. The number of rotatable bonds is 79. The van der Waals surface area contributed by atoms with Crippen LogP contribution in [0.25, 0.3) is 0 Å². The Morgan fingerprint density at radius 1 is 0.263 bits per heavy atom. The van der Waals surface area contributed by atoms with Crippen LogP contribution in [0.3, 0.4) is 0 Å². The van der Waals surface area contributed by atoms with E-state index in [0.29, 0.717) is 205 Å². The Bertz CT molecular complexity index is 1710. The summed E-state index contributed by atoms with van der Waals surface area (Å²) in [6, 6.07) is 0. The van der Waals surface area contributed by atoms with E-state index in [0.717, 1.165) is 13.0 Å². The van der Waals surface area contributed by atoms with Gasteiger partial charge in [-0.1, -0.05) is 6.92 Å². The van der Waals surface area contributed by atoms with Crippen LogP contribution in [0.2, 0.25) is 0 Å². The van der Waals surface area contributed by atoms with Crippen molar-refractivity contribution in [2.45, 2.75) is 57.5 Å². The number of hydrogen-bond acceptors (Lipinski definition) is 27. The van der Waals surface area contributed by atoms with Gasteiger partial charge < -0.3 is 115 Å². The monoisotopic (exact) mass is 1410 g/mol. The molecule has 2 amide bonds. The lowest BCUT2D eigenvalue weighted by Gasteiger charge is -2.30. The first-order valence-electron chi connectivity index (χ1n) is 31.7. The molecule has 0 heterocycles. The van der Waals surface area contributed by atoms with E-state index in [2.05, 4.69) is 21.7 Å². The minimum atomic E-state index is -6.54. The van der Waals surface area contributed by atoms with Crippen molar-refractivity contribution < 1.29 is 163 Å². The number of hydrogen-bond donors (Lipinski definition) is 2. The lowest BCUT2D eigenvalue weighted by molar-refractivity contribution is -0.499. The second-order valence-electron chi connectivity index (χ2n) is 19.0. The Kier molecular flexibility index (Phi) is 64.9. The maximum Gasteiger partial charge on any atom is 0.453 e. The van der Waals surface area contributed by atoms with Crippen molar-refractivity contribution in [1.29, 1.82) is 0 Å². The minimum Gasteiger partial charge on any atom is -0.379 e. The smallest absolute Gasteiger partial charge is 0.379 e. The molecule has 0 spiro atoms. The lowest BCUT2D eigenvalue weighted by Crippen LogP contribution is -2.56. The SMILES string of the molecule is CCCOCCOCCOCCOCCOCCOCCOCCOCCOCCOCCOCCCC(=O)C(F)(F)OC(F)(F)C(F)(F)OC(F)(F)C(=O)NCCOCCOCCOCCOCCOCCOCCOCCOCCOCCOCCOCCNC(C)=O. The van der Waals surface area contributed by atoms with Crippen LogP contribution in [0.5, 0.6) is 0 Å². The average molecular weight is 1420 g/mol. The molecule has 0 fully saturated rings. The fourth-order valence-corrected chi connectivity index (χ4v) is 6.41. The molecule has 0 rings (SSSR count). The van der Waals surface area contributed by atoms with Gasteiger partial charge in [0.05, 0.1) is 277 Å². The summed E-state index contributed by atoms with van der Waals surface area (Å²) in [5.41, 5.74) is 0. The number of ether oxygens (including phenoxy) is 24. The van der Waals surface area contributed by atoms with Crippen LogP contribution < -0.4 is 10.6 Å². The summed E-state index contributed by atoms with van der Waals surface area (Å²) in [5, 5.41) is 4.05. The molecule has 0 saturated heterocycles. The van der Waals surface area contributed by atoms with Gasteiger partial charge in [-0.15, -0.1) is 0 Å². The lowest BCUT2D eigenvalue weighted by atomic mass is 10.2. The Balaban J connectivity index is 3.70. The van der Waals surface area contributed by atoms with Crippen molar-refractivity contribution in [3.8, 4) is 0 Å². The summed E-state index contributed by atoms with van der Waals surface area (Å²) in [6.07, 6.45) is -25.1. The molecule has 566 valence electrons. The van der Waals surface area contributed by atoms with Gasteiger partial charge >= 0.3 is 30.3 Å². The van der Waals surface area contributed by atoms with Crippen molar-refractivity contribution in [2.24, 2.45) is 0 Å². The average Bonchev–Trinajstić information content (AvgIpc) is 0.785. The first-order valence-corrected chi connectivity index (χ1v) is 31.7. The zero-order valence-electron chi connectivity index (χ0n) is 55.2. The molecule has 29 nitrogen and oxygen atoms in total. The maximum atomic E-state index is 14.2. The van der Waals surface area contributed by atoms with Crippen molar-refractivity contribution >= 4 is 17.6 Å². The summed E-state index contributed by atoms with van der Waals surface area (Å²) in [5.74, 6) is -5.14. The molecule has 0 aromatic rings. The van der Waals surface area contributed by atoms with E-state index >= 15 is 0 Å². The third-order valence-electron chi connectivity index (χ3n) is 11.1. The number of halogens is 8. The van der Waals surface area contributed by atoms with Crippen LogP contribution in [-0.2, 0) is 128 Å². The second kappa shape index (κ2) is 66.9. The number of carbonyl (C=O) groups is 3. The van der Waals surface area contributed by atoms with E-state index in [-0.39, 0.29) is 85.2 Å². The summed E-state index contributed by atoms with van der Waals surface area (Å²) >= 11 is 0. The zero-order chi connectivity index (χ0) is 69.8. The molecule has 0 aromatic heterocycles. The highest BCUT2D eigenvalue weighted by Crippen LogP contribution is 2.43. The Morgan fingerprint density at radius 3 is 0.674 bits per heavy atom. The van der Waals surface area contributed by atoms with Gasteiger partial charge in [-0.05, 0) is 12.8 Å². The van der Waals surface area contributed by atoms with Crippen molar-refractivity contribution in [1.82, 2.24) is 10.6 Å². The molecule has 0 aliphatic heterocycles. The minimum absolute atomic E-state index is 0.0102. The summed E-state index contributed by atoms with van der Waals surface area (Å²) in [4.78, 5) is 34.4. The molecular formula is C58H106F8N2O27. The predicted octanol–water partition coefficient (Wildman–Crippen LogP) is 2.77. The number of carbonyl (C=O) groups excluding carboxylic acids is 3. The van der Waals surface area contributed by atoms with Crippen molar-refractivity contribution in [3.05, 3.63) is 0 Å². The highest BCUT2D eigenvalue weighted by atomic mass is 19.3. The Morgan fingerprint density at radius 2 is 0.453 bits per heavy atom. The summed E-state index contributed by atoms with van der Waals surface area (Å²) < 4.78 is 236. The Labute approximate surface area is 551 Å². The molecule has 0 saturated carbocycles. The van der Waals surface area contributed by atoms with Crippen molar-refractivity contribution in [3.63, 3.8) is 0 Å². The number of alkyl halides is 8. The highest BCUT2D eigenvalue weighted by Gasteiger charge is 2.69. The standard InChI is InChI=1S/C58H106F8N2O27/c1-3-8-72-12-16-76-20-24-80-28-32-84-36-40-88-44-48-92-49-45-89-41-37-85-33-29-81-25-21-77-17-13-73-9-4-5-53(70)55(59,60)94-57(63,64)58(65,66)95-56(61,62)54(71)68-7-11-75-15-19-79-23-27-83-31-35-87-39-43-91-47-51-93-50-46-90-42-38-86-34-30-82-26-22-78-18-14-74-10-6-67-52(2)69/h3-51H2,1-2H3,(H,67,69)(H,68,71). The second-order valence-corrected chi connectivity index (χ2v) is 19.0. The highest BCUT2D eigenvalue weighted by molar-refractivity contribution is 5.84. The molecule has 0 atom stereocenters. The largest absolute Gasteiger partial charge is 0.453 e. The fourth-order valence-electron chi connectivity index (χ4n) is 6.41. The van der Waals surface area contributed by atoms with Crippen LogP contribution in [0.4, 0.5) is 35.1 Å². The molecular weight excluding hydrogens is 1310 g/mol. The van der Waals surface area contributed by atoms with Gasteiger partial charge in [0.25, 0.3) is 0 Å². The molecule has 0 bridgehead atoms. The molecule has 37 heteroatoms. The van der Waals surface area contributed by atoms with Gasteiger partial charge in [0, 0.05) is 39.6 Å². The van der Waals surface area contributed by atoms with E-state index in [4.69, 9.17) is 104 Å². The van der Waals surface area contributed by atoms with Crippen LogP contribution in [0, 0.1) is 0 Å². The third-order valence-corrected chi connectivity index (χ3v) is 11.1. The van der Waals surface area contributed by atoms with Crippen LogP contribution in [0.1, 0.15) is 33.1 Å². The Hall–Kier alpha value is -2.91. The van der Waals surface area contributed by atoms with Gasteiger partial charge in [-0.25, -0.2) is 9.47 Å². The van der Waals surface area contributed by atoms with E-state index in [1.165, 1.54) is 12.2 Å². The fraction of sp³-hybridized carbons (Fsp3) is 0.948.